The zero-order valence-electron chi connectivity index (χ0n) is 20.0. The molecular formula is C30H30N2O3. The molecule has 0 saturated heterocycles. The number of hydrogen-bond donors (Lipinski definition) is 0. The van der Waals surface area contributed by atoms with Gasteiger partial charge in [0.25, 0.3) is 0 Å². The molecule has 5 heteroatoms. The van der Waals surface area contributed by atoms with E-state index < -0.39 is 0 Å². The molecule has 0 aliphatic rings. The van der Waals surface area contributed by atoms with Crippen LogP contribution in [-0.2, 0) is 30.8 Å². The van der Waals surface area contributed by atoms with E-state index in [4.69, 9.17) is 9.47 Å². The minimum absolute atomic E-state index is 0.0792. The first-order valence-electron chi connectivity index (χ1n) is 11.8. The summed E-state index contributed by atoms with van der Waals surface area (Å²) in [6.07, 6.45) is 2.83. The van der Waals surface area contributed by atoms with Gasteiger partial charge in [-0.1, -0.05) is 72.8 Å². The molecule has 0 aliphatic carbocycles. The SMILES string of the molecule is COc1cc(CN(CCc2ccccn2)C(=O)Cc2ccccc2)ccc1OCc1ccccc1. The van der Waals surface area contributed by atoms with Crippen LogP contribution in [0.1, 0.15) is 22.4 Å². The number of aromatic nitrogens is 1. The number of pyridine rings is 1. The molecule has 0 N–H and O–H groups in total. The van der Waals surface area contributed by atoms with E-state index in [9.17, 15) is 4.79 Å². The van der Waals surface area contributed by atoms with Crippen molar-refractivity contribution in [2.24, 2.45) is 0 Å². The lowest BCUT2D eigenvalue weighted by molar-refractivity contribution is -0.131. The van der Waals surface area contributed by atoms with E-state index >= 15 is 0 Å². The highest BCUT2D eigenvalue weighted by atomic mass is 16.5. The minimum Gasteiger partial charge on any atom is -0.493 e. The molecule has 0 fully saturated rings. The van der Waals surface area contributed by atoms with Gasteiger partial charge in [-0.3, -0.25) is 9.78 Å². The van der Waals surface area contributed by atoms with Crippen molar-refractivity contribution >= 4 is 5.91 Å². The van der Waals surface area contributed by atoms with Crippen LogP contribution in [0.25, 0.3) is 0 Å². The third kappa shape index (κ3) is 7.18. The Balaban J connectivity index is 1.47. The molecule has 0 unspecified atom stereocenters. The molecule has 3 aromatic carbocycles. The number of amides is 1. The van der Waals surface area contributed by atoms with E-state index in [-0.39, 0.29) is 5.91 Å². The van der Waals surface area contributed by atoms with E-state index in [0.717, 1.165) is 22.4 Å². The van der Waals surface area contributed by atoms with Gasteiger partial charge in [-0.05, 0) is 41.0 Å². The highest BCUT2D eigenvalue weighted by molar-refractivity contribution is 5.78. The molecule has 0 radical (unpaired) electrons. The van der Waals surface area contributed by atoms with Crippen molar-refractivity contribution < 1.29 is 14.3 Å². The van der Waals surface area contributed by atoms with Crippen LogP contribution in [0.3, 0.4) is 0 Å². The van der Waals surface area contributed by atoms with Crippen molar-refractivity contribution in [1.29, 1.82) is 0 Å². The summed E-state index contributed by atoms with van der Waals surface area (Å²) < 4.78 is 11.6. The predicted molar refractivity (Wildman–Crippen MR) is 137 cm³/mol. The lowest BCUT2D eigenvalue weighted by atomic mass is 10.1. The van der Waals surface area contributed by atoms with Crippen LogP contribution in [0.4, 0.5) is 0 Å². The van der Waals surface area contributed by atoms with E-state index in [1.165, 1.54) is 0 Å². The number of ether oxygens (including phenoxy) is 2. The van der Waals surface area contributed by atoms with Gasteiger partial charge in [0.2, 0.25) is 5.91 Å². The van der Waals surface area contributed by atoms with Gasteiger partial charge >= 0.3 is 0 Å². The van der Waals surface area contributed by atoms with Crippen LogP contribution in [0.15, 0.2) is 103 Å². The standard InChI is InChI=1S/C30H30N2O3/c1-34-29-20-26(15-16-28(29)35-23-25-12-6-3-7-13-25)22-32(19-17-27-14-8-9-18-31-27)30(33)21-24-10-4-2-5-11-24/h2-16,18,20H,17,19,21-23H2,1H3. The summed E-state index contributed by atoms with van der Waals surface area (Å²) in [5.41, 5.74) is 4.04. The van der Waals surface area contributed by atoms with E-state index in [1.807, 2.05) is 102 Å². The Bertz CT molecular complexity index is 1200. The molecule has 0 spiro atoms. The van der Waals surface area contributed by atoms with Crippen molar-refractivity contribution in [2.45, 2.75) is 26.0 Å². The van der Waals surface area contributed by atoms with Crippen molar-refractivity contribution in [1.82, 2.24) is 9.88 Å². The maximum Gasteiger partial charge on any atom is 0.227 e. The molecule has 0 aliphatic heterocycles. The van der Waals surface area contributed by atoms with E-state index in [1.54, 1.807) is 13.3 Å². The van der Waals surface area contributed by atoms with Gasteiger partial charge in [0, 0.05) is 31.4 Å². The van der Waals surface area contributed by atoms with Crippen LogP contribution >= 0.6 is 0 Å². The zero-order valence-corrected chi connectivity index (χ0v) is 20.0. The number of carbonyl (C=O) groups is 1. The van der Waals surface area contributed by atoms with Gasteiger partial charge in [0.05, 0.1) is 13.5 Å². The molecule has 1 heterocycles. The second-order valence-corrected chi connectivity index (χ2v) is 8.31. The van der Waals surface area contributed by atoms with Gasteiger partial charge in [-0.25, -0.2) is 0 Å². The van der Waals surface area contributed by atoms with E-state index in [0.29, 0.717) is 44.0 Å². The molecule has 0 saturated carbocycles. The molecule has 4 aromatic rings. The molecule has 1 amide bonds. The summed E-state index contributed by atoms with van der Waals surface area (Å²) in [4.78, 5) is 19.6. The first-order chi connectivity index (χ1) is 17.2. The fraction of sp³-hybridized carbons (Fsp3) is 0.200. The second kappa shape index (κ2) is 12.4. The maximum absolute atomic E-state index is 13.3. The summed E-state index contributed by atoms with van der Waals surface area (Å²) in [5, 5.41) is 0. The van der Waals surface area contributed by atoms with Crippen LogP contribution < -0.4 is 9.47 Å². The number of benzene rings is 3. The second-order valence-electron chi connectivity index (χ2n) is 8.31. The summed E-state index contributed by atoms with van der Waals surface area (Å²) in [6, 6.07) is 31.6. The molecule has 4 rings (SSSR count). The largest absolute Gasteiger partial charge is 0.493 e. The Labute approximate surface area is 207 Å². The summed E-state index contributed by atoms with van der Waals surface area (Å²) in [7, 11) is 1.63. The van der Waals surface area contributed by atoms with Gasteiger partial charge in [-0.15, -0.1) is 0 Å². The predicted octanol–water partition coefficient (Wildman–Crippen LogP) is 5.48. The van der Waals surface area contributed by atoms with Crippen LogP contribution in [0.2, 0.25) is 0 Å². The molecule has 0 bridgehead atoms. The number of nitrogens with zero attached hydrogens (tertiary/aromatic N) is 2. The average Bonchev–Trinajstić information content (AvgIpc) is 2.91. The Hall–Kier alpha value is -4.12. The first-order valence-corrected chi connectivity index (χ1v) is 11.8. The Morgan fingerprint density at radius 2 is 1.51 bits per heavy atom. The summed E-state index contributed by atoms with van der Waals surface area (Å²) in [5.74, 6) is 1.41. The Morgan fingerprint density at radius 1 is 0.800 bits per heavy atom. The summed E-state index contributed by atoms with van der Waals surface area (Å²) in [6.45, 7) is 1.52. The lowest BCUT2D eigenvalue weighted by Gasteiger charge is -2.23. The van der Waals surface area contributed by atoms with Gasteiger partial charge in [0.1, 0.15) is 6.61 Å². The Morgan fingerprint density at radius 3 is 2.20 bits per heavy atom. The normalized spacial score (nSPS) is 10.5. The number of hydrogen-bond acceptors (Lipinski definition) is 4. The highest BCUT2D eigenvalue weighted by Crippen LogP contribution is 2.29. The maximum atomic E-state index is 13.3. The highest BCUT2D eigenvalue weighted by Gasteiger charge is 2.16. The van der Waals surface area contributed by atoms with Crippen LogP contribution in [0, 0.1) is 0 Å². The van der Waals surface area contributed by atoms with Crippen LogP contribution in [-0.4, -0.2) is 29.4 Å². The molecule has 0 atom stereocenters. The third-order valence-corrected chi connectivity index (χ3v) is 5.75. The first kappa shape index (κ1) is 24.0. The fourth-order valence-corrected chi connectivity index (χ4v) is 3.86. The molecule has 178 valence electrons. The van der Waals surface area contributed by atoms with Crippen molar-refractivity contribution in [2.75, 3.05) is 13.7 Å². The number of methoxy groups -OCH3 is 1. The summed E-state index contributed by atoms with van der Waals surface area (Å²) >= 11 is 0. The molecule has 35 heavy (non-hydrogen) atoms. The third-order valence-electron chi connectivity index (χ3n) is 5.75. The minimum atomic E-state index is 0.0792. The molecule has 1 aromatic heterocycles. The Kier molecular flexibility index (Phi) is 8.49. The number of carbonyl (C=O) groups excluding carboxylic acids is 1. The number of rotatable bonds is 11. The fourth-order valence-electron chi connectivity index (χ4n) is 3.86. The van der Waals surface area contributed by atoms with Gasteiger partial charge in [-0.2, -0.15) is 0 Å². The molecule has 5 nitrogen and oxygen atoms in total. The zero-order chi connectivity index (χ0) is 24.3. The lowest BCUT2D eigenvalue weighted by Crippen LogP contribution is -2.33. The van der Waals surface area contributed by atoms with E-state index in [2.05, 4.69) is 4.98 Å². The monoisotopic (exact) mass is 466 g/mol. The van der Waals surface area contributed by atoms with Crippen LogP contribution in [0.5, 0.6) is 11.5 Å². The van der Waals surface area contributed by atoms with Gasteiger partial charge in [0.15, 0.2) is 11.5 Å². The van der Waals surface area contributed by atoms with Gasteiger partial charge < -0.3 is 14.4 Å². The topological polar surface area (TPSA) is 51.7 Å². The van der Waals surface area contributed by atoms with Crippen molar-refractivity contribution in [3.8, 4) is 11.5 Å². The molecular weight excluding hydrogens is 436 g/mol. The smallest absolute Gasteiger partial charge is 0.227 e. The van der Waals surface area contributed by atoms with Crippen molar-refractivity contribution in [3.63, 3.8) is 0 Å². The van der Waals surface area contributed by atoms with Crippen molar-refractivity contribution in [3.05, 3.63) is 126 Å². The average molecular weight is 467 g/mol. The quantitative estimate of drug-likeness (QED) is 0.294.